The van der Waals surface area contributed by atoms with E-state index in [1.807, 2.05) is 41.3 Å². The monoisotopic (exact) mass is 295 g/mol. The van der Waals surface area contributed by atoms with Crippen LogP contribution in [0.15, 0.2) is 34.3 Å². The Morgan fingerprint density at radius 2 is 2.26 bits per heavy atom. The first-order chi connectivity index (χ1) is 9.16. The fraction of sp³-hybridized carbons (Fsp3) is 0.357. The third-order valence-corrected chi connectivity index (χ3v) is 4.53. The lowest BCUT2D eigenvalue weighted by atomic mass is 10.1. The van der Waals surface area contributed by atoms with Gasteiger partial charge in [0.15, 0.2) is 0 Å². The molecule has 0 spiro atoms. The van der Waals surface area contributed by atoms with E-state index >= 15 is 0 Å². The molecule has 0 saturated carbocycles. The van der Waals surface area contributed by atoms with Crippen LogP contribution in [0.5, 0.6) is 0 Å². The molecule has 102 valence electrons. The molecule has 0 aliphatic rings. The molecule has 0 radical (unpaired) electrons. The second-order valence-corrected chi connectivity index (χ2v) is 6.31. The molecule has 3 nitrogen and oxygen atoms in total. The van der Waals surface area contributed by atoms with Crippen molar-refractivity contribution < 1.29 is 9.90 Å². The second-order valence-electron chi connectivity index (χ2n) is 4.50. The molecule has 5 heteroatoms. The van der Waals surface area contributed by atoms with Gasteiger partial charge in [-0.1, -0.05) is 13.0 Å². The molecule has 2 unspecified atom stereocenters. The van der Waals surface area contributed by atoms with Gasteiger partial charge in [0.25, 0.3) is 0 Å². The number of carbonyl (C=O) groups is 1. The Morgan fingerprint density at radius 3 is 2.89 bits per heavy atom. The maximum atomic E-state index is 11.9. The number of nitrogens with one attached hydrogen (secondary N) is 1. The molecule has 2 N–H and O–H groups in total. The van der Waals surface area contributed by atoms with E-state index in [-0.39, 0.29) is 18.4 Å². The van der Waals surface area contributed by atoms with Gasteiger partial charge in [-0.2, -0.15) is 11.3 Å². The molecule has 1 amide bonds. The van der Waals surface area contributed by atoms with Crippen molar-refractivity contribution in [3.05, 3.63) is 44.8 Å². The molecule has 2 rings (SSSR count). The van der Waals surface area contributed by atoms with Crippen LogP contribution in [-0.4, -0.2) is 17.6 Å². The second kappa shape index (κ2) is 6.84. The Balaban J connectivity index is 1.77. The van der Waals surface area contributed by atoms with Crippen molar-refractivity contribution in [1.82, 2.24) is 5.32 Å². The van der Waals surface area contributed by atoms with E-state index in [2.05, 4.69) is 5.32 Å². The van der Waals surface area contributed by atoms with Crippen molar-refractivity contribution in [2.45, 2.75) is 19.4 Å². The van der Waals surface area contributed by atoms with Gasteiger partial charge in [0.2, 0.25) is 5.91 Å². The smallest absolute Gasteiger partial charge is 0.223 e. The number of aliphatic hydroxyl groups excluding tert-OH is 1. The van der Waals surface area contributed by atoms with Crippen LogP contribution in [0.4, 0.5) is 0 Å². The van der Waals surface area contributed by atoms with Gasteiger partial charge in [0.05, 0.1) is 6.10 Å². The number of hydrogen-bond acceptors (Lipinski definition) is 4. The van der Waals surface area contributed by atoms with E-state index in [1.165, 1.54) is 16.2 Å². The Bertz CT molecular complexity index is 494. The molecule has 2 aromatic heterocycles. The van der Waals surface area contributed by atoms with E-state index in [4.69, 9.17) is 0 Å². The third kappa shape index (κ3) is 4.16. The van der Waals surface area contributed by atoms with Crippen molar-refractivity contribution in [2.75, 3.05) is 6.54 Å². The molecule has 0 aliphatic carbocycles. The van der Waals surface area contributed by atoms with Gasteiger partial charge in [-0.15, -0.1) is 11.3 Å². The van der Waals surface area contributed by atoms with E-state index < -0.39 is 6.10 Å². The lowest BCUT2D eigenvalue weighted by molar-refractivity contribution is -0.124. The van der Waals surface area contributed by atoms with Crippen LogP contribution in [0.25, 0.3) is 0 Å². The van der Waals surface area contributed by atoms with Crippen molar-refractivity contribution >= 4 is 28.6 Å². The highest BCUT2D eigenvalue weighted by atomic mass is 32.1. The minimum absolute atomic E-state index is 0.0114. The van der Waals surface area contributed by atoms with E-state index in [1.54, 1.807) is 11.3 Å². The van der Waals surface area contributed by atoms with Gasteiger partial charge in [0, 0.05) is 17.3 Å². The molecule has 2 aromatic rings. The maximum absolute atomic E-state index is 11.9. The summed E-state index contributed by atoms with van der Waals surface area (Å²) in [5, 5.41) is 18.5. The Labute approximate surface area is 120 Å². The van der Waals surface area contributed by atoms with E-state index in [9.17, 15) is 9.90 Å². The van der Waals surface area contributed by atoms with Crippen LogP contribution in [0.1, 0.15) is 23.5 Å². The summed E-state index contributed by atoms with van der Waals surface area (Å²) >= 11 is 3.20. The highest BCUT2D eigenvalue weighted by molar-refractivity contribution is 7.09. The van der Waals surface area contributed by atoms with Crippen LogP contribution in [0, 0.1) is 5.92 Å². The number of amides is 1. The number of thiophene rings is 2. The summed E-state index contributed by atoms with van der Waals surface area (Å²) in [4.78, 5) is 13.1. The number of hydrogen-bond donors (Lipinski definition) is 2. The fourth-order valence-corrected chi connectivity index (χ4v) is 3.32. The first-order valence-corrected chi connectivity index (χ1v) is 7.99. The lowest BCUT2D eigenvalue weighted by Gasteiger charge is -2.14. The Hall–Kier alpha value is -1.17. The Morgan fingerprint density at radius 1 is 1.42 bits per heavy atom. The topological polar surface area (TPSA) is 49.3 Å². The van der Waals surface area contributed by atoms with Crippen LogP contribution in [0.2, 0.25) is 0 Å². The number of aliphatic hydroxyl groups is 1. The molecule has 0 aliphatic heterocycles. The average Bonchev–Trinajstić information content (AvgIpc) is 3.07. The zero-order chi connectivity index (χ0) is 13.7. The predicted octanol–water partition coefficient (Wildman–Crippen LogP) is 2.84. The van der Waals surface area contributed by atoms with Crippen LogP contribution >= 0.6 is 22.7 Å². The van der Waals surface area contributed by atoms with Crippen molar-refractivity contribution in [3.8, 4) is 0 Å². The van der Waals surface area contributed by atoms with Gasteiger partial charge < -0.3 is 10.4 Å². The van der Waals surface area contributed by atoms with Crippen molar-refractivity contribution in [1.29, 1.82) is 0 Å². The largest absolute Gasteiger partial charge is 0.387 e. The van der Waals surface area contributed by atoms with Crippen molar-refractivity contribution in [2.24, 2.45) is 5.92 Å². The van der Waals surface area contributed by atoms with Gasteiger partial charge in [-0.25, -0.2) is 0 Å². The standard InChI is InChI=1S/C14H17NO2S2/c1-10(7-12-3-2-5-19-12)14(17)15-8-13(16)11-4-6-18-9-11/h2-6,9-10,13,16H,7-8H2,1H3,(H,15,17). The zero-order valence-corrected chi connectivity index (χ0v) is 12.3. The highest BCUT2D eigenvalue weighted by Gasteiger charge is 2.16. The minimum atomic E-state index is -0.621. The van der Waals surface area contributed by atoms with Crippen molar-refractivity contribution in [3.63, 3.8) is 0 Å². The maximum Gasteiger partial charge on any atom is 0.223 e. The fourth-order valence-electron chi connectivity index (χ4n) is 1.78. The van der Waals surface area contributed by atoms with E-state index in [0.29, 0.717) is 0 Å². The highest BCUT2D eigenvalue weighted by Crippen LogP contribution is 2.16. The minimum Gasteiger partial charge on any atom is -0.387 e. The van der Waals surface area contributed by atoms with Gasteiger partial charge in [0.1, 0.15) is 0 Å². The first-order valence-electron chi connectivity index (χ1n) is 6.17. The summed E-state index contributed by atoms with van der Waals surface area (Å²) in [6.07, 6.45) is 0.127. The predicted molar refractivity (Wildman–Crippen MR) is 79.5 cm³/mol. The summed E-state index contributed by atoms with van der Waals surface area (Å²) in [7, 11) is 0. The molecule has 0 aromatic carbocycles. The first kappa shape index (κ1) is 14.2. The summed E-state index contributed by atoms with van der Waals surface area (Å²) in [6, 6.07) is 5.90. The average molecular weight is 295 g/mol. The molecule has 2 atom stereocenters. The molecular formula is C14H17NO2S2. The van der Waals surface area contributed by atoms with Gasteiger partial charge in [-0.05, 0) is 40.3 Å². The lowest BCUT2D eigenvalue weighted by Crippen LogP contribution is -2.33. The number of rotatable bonds is 6. The SMILES string of the molecule is CC(Cc1cccs1)C(=O)NCC(O)c1ccsc1. The molecule has 19 heavy (non-hydrogen) atoms. The third-order valence-electron chi connectivity index (χ3n) is 2.93. The van der Waals surface area contributed by atoms with Gasteiger partial charge in [-0.3, -0.25) is 4.79 Å². The number of carbonyl (C=O) groups excluding carboxylic acids is 1. The summed E-state index contributed by atoms with van der Waals surface area (Å²) in [5.41, 5.74) is 0.858. The summed E-state index contributed by atoms with van der Waals surface area (Å²) < 4.78 is 0. The Kier molecular flexibility index (Phi) is 5.13. The van der Waals surface area contributed by atoms with E-state index in [0.717, 1.165) is 12.0 Å². The summed E-state index contributed by atoms with van der Waals surface area (Å²) in [6.45, 7) is 2.18. The van der Waals surface area contributed by atoms with Gasteiger partial charge >= 0.3 is 0 Å². The quantitative estimate of drug-likeness (QED) is 0.861. The molecule has 0 bridgehead atoms. The molecule has 0 fully saturated rings. The molecule has 0 saturated heterocycles. The van der Waals surface area contributed by atoms with Crippen LogP contribution < -0.4 is 5.32 Å². The summed E-state index contributed by atoms with van der Waals surface area (Å²) in [5.74, 6) is -0.0870. The normalized spacial score (nSPS) is 14.0. The zero-order valence-electron chi connectivity index (χ0n) is 10.7. The van der Waals surface area contributed by atoms with Crippen LogP contribution in [-0.2, 0) is 11.2 Å². The molecular weight excluding hydrogens is 278 g/mol. The molecule has 2 heterocycles. The van der Waals surface area contributed by atoms with Crippen LogP contribution in [0.3, 0.4) is 0 Å².